The van der Waals surface area contributed by atoms with Crippen LogP contribution in [0, 0.1) is 6.92 Å². The molecule has 0 radical (unpaired) electrons. The van der Waals surface area contributed by atoms with Gasteiger partial charge in [0.15, 0.2) is 0 Å². The first-order chi connectivity index (χ1) is 10.1. The number of aromatic nitrogens is 1. The van der Waals surface area contributed by atoms with Gasteiger partial charge >= 0.3 is 5.97 Å². The quantitative estimate of drug-likeness (QED) is 0.688. The number of rotatable bonds is 3. The Morgan fingerprint density at radius 3 is 3.05 bits per heavy atom. The van der Waals surface area contributed by atoms with Crippen molar-refractivity contribution >= 4 is 28.5 Å². The molecule has 0 unspecified atom stereocenters. The first kappa shape index (κ1) is 13.6. The number of fused-ring (bicyclic) bond motifs is 1. The number of carbonyl (C=O) groups is 1. The molecule has 1 aromatic carbocycles. The fourth-order valence-corrected chi connectivity index (χ4v) is 2.23. The molecule has 5 heteroatoms. The fraction of sp³-hybridized carbons (Fsp3) is 0.125. The molecular weight excluding hydrogens is 290 g/mol. The molecule has 3 aromatic rings. The van der Waals surface area contributed by atoms with Crippen molar-refractivity contribution in [3.05, 3.63) is 59.1 Å². The Bertz CT molecular complexity index is 796. The van der Waals surface area contributed by atoms with Crippen molar-refractivity contribution in [2.45, 2.75) is 13.3 Å². The van der Waals surface area contributed by atoms with E-state index in [0.29, 0.717) is 16.4 Å². The molecule has 0 atom stereocenters. The van der Waals surface area contributed by atoms with Crippen molar-refractivity contribution in [2.75, 3.05) is 0 Å². The van der Waals surface area contributed by atoms with Crippen molar-refractivity contribution in [1.82, 2.24) is 4.98 Å². The number of benzene rings is 1. The van der Waals surface area contributed by atoms with Crippen molar-refractivity contribution < 1.29 is 13.9 Å². The second-order valence-corrected chi connectivity index (χ2v) is 5.11. The lowest BCUT2D eigenvalue weighted by Crippen LogP contribution is -2.11. The second-order valence-electron chi connectivity index (χ2n) is 4.70. The van der Waals surface area contributed by atoms with Crippen molar-refractivity contribution in [1.29, 1.82) is 0 Å². The average Bonchev–Trinajstić information content (AvgIpc) is 2.83. The van der Waals surface area contributed by atoms with Crippen molar-refractivity contribution in [2.24, 2.45) is 0 Å². The highest BCUT2D eigenvalue weighted by atomic mass is 35.5. The van der Waals surface area contributed by atoms with Gasteiger partial charge in [-0.15, -0.1) is 0 Å². The number of hydrogen-bond acceptors (Lipinski definition) is 4. The van der Waals surface area contributed by atoms with Crippen LogP contribution in [0.1, 0.15) is 11.1 Å². The van der Waals surface area contributed by atoms with E-state index >= 15 is 0 Å². The Hall–Kier alpha value is -2.33. The van der Waals surface area contributed by atoms with Gasteiger partial charge in [-0.3, -0.25) is 9.78 Å². The van der Waals surface area contributed by atoms with Crippen molar-refractivity contribution in [3.63, 3.8) is 0 Å². The Labute approximate surface area is 126 Å². The summed E-state index contributed by atoms with van der Waals surface area (Å²) in [5.74, 6) is 0.0478. The summed E-state index contributed by atoms with van der Waals surface area (Å²) >= 11 is 6.12. The van der Waals surface area contributed by atoms with Gasteiger partial charge in [0, 0.05) is 22.2 Å². The molecule has 0 saturated carbocycles. The van der Waals surface area contributed by atoms with Gasteiger partial charge in [-0.2, -0.15) is 0 Å². The lowest BCUT2D eigenvalue weighted by Gasteiger charge is -2.03. The summed E-state index contributed by atoms with van der Waals surface area (Å²) < 4.78 is 10.7. The van der Waals surface area contributed by atoms with Crippen LogP contribution in [0.5, 0.6) is 5.75 Å². The third kappa shape index (κ3) is 2.90. The monoisotopic (exact) mass is 301 g/mol. The number of furan rings is 1. The molecule has 2 aromatic heterocycles. The summed E-state index contributed by atoms with van der Waals surface area (Å²) in [6.45, 7) is 1.90. The molecule has 3 rings (SSSR count). The first-order valence-electron chi connectivity index (χ1n) is 6.40. The molecule has 2 heterocycles. The van der Waals surface area contributed by atoms with Crippen LogP contribution in [0.2, 0.25) is 5.02 Å². The van der Waals surface area contributed by atoms with E-state index in [9.17, 15) is 4.79 Å². The average molecular weight is 302 g/mol. The maximum atomic E-state index is 12.0. The minimum absolute atomic E-state index is 0.112. The van der Waals surface area contributed by atoms with Crippen LogP contribution < -0.4 is 4.74 Å². The smallest absolute Gasteiger partial charge is 0.315 e. The van der Waals surface area contributed by atoms with E-state index in [1.165, 1.54) is 6.20 Å². The van der Waals surface area contributed by atoms with Gasteiger partial charge in [0.2, 0.25) is 0 Å². The minimum Gasteiger partial charge on any atom is -0.464 e. The summed E-state index contributed by atoms with van der Waals surface area (Å²) in [5.41, 5.74) is 2.39. The van der Waals surface area contributed by atoms with E-state index in [0.717, 1.165) is 16.5 Å². The number of pyridine rings is 1. The summed E-state index contributed by atoms with van der Waals surface area (Å²) in [7, 11) is 0. The molecule has 0 aliphatic heterocycles. The third-order valence-electron chi connectivity index (χ3n) is 3.14. The van der Waals surface area contributed by atoms with Crippen LogP contribution in [0.3, 0.4) is 0 Å². The lowest BCUT2D eigenvalue weighted by atomic mass is 10.1. The van der Waals surface area contributed by atoms with Gasteiger partial charge in [-0.1, -0.05) is 11.6 Å². The summed E-state index contributed by atoms with van der Waals surface area (Å²) in [4.78, 5) is 15.8. The first-order valence-corrected chi connectivity index (χ1v) is 6.78. The number of nitrogens with zero attached hydrogens (tertiary/aromatic N) is 1. The zero-order valence-corrected chi connectivity index (χ0v) is 12.1. The molecule has 0 aliphatic rings. The number of aryl methyl sites for hydroxylation is 1. The molecule has 0 saturated heterocycles. The van der Waals surface area contributed by atoms with Gasteiger partial charge in [0.05, 0.1) is 18.9 Å². The highest BCUT2D eigenvalue weighted by Gasteiger charge is 2.13. The number of hydrogen-bond donors (Lipinski definition) is 0. The normalized spacial score (nSPS) is 10.8. The van der Waals surface area contributed by atoms with E-state index in [1.807, 2.05) is 19.1 Å². The molecule has 21 heavy (non-hydrogen) atoms. The van der Waals surface area contributed by atoms with Crippen LogP contribution in [0.25, 0.3) is 11.0 Å². The molecule has 4 nitrogen and oxygen atoms in total. The van der Waals surface area contributed by atoms with Crippen LogP contribution in [-0.4, -0.2) is 11.0 Å². The van der Waals surface area contributed by atoms with Crippen LogP contribution >= 0.6 is 11.6 Å². The van der Waals surface area contributed by atoms with Gasteiger partial charge in [-0.05, 0) is 36.8 Å². The minimum atomic E-state index is -0.373. The molecule has 0 fully saturated rings. The molecule has 0 spiro atoms. The molecule has 0 aliphatic carbocycles. The van der Waals surface area contributed by atoms with Gasteiger partial charge < -0.3 is 9.15 Å². The van der Waals surface area contributed by atoms with Crippen molar-refractivity contribution in [3.8, 4) is 5.75 Å². The van der Waals surface area contributed by atoms with Gasteiger partial charge in [0.25, 0.3) is 0 Å². The maximum absolute atomic E-state index is 12.0. The third-order valence-corrected chi connectivity index (χ3v) is 3.54. The topological polar surface area (TPSA) is 52.3 Å². The van der Waals surface area contributed by atoms with Gasteiger partial charge in [0.1, 0.15) is 11.3 Å². The number of carbonyl (C=O) groups excluding carboxylic acids is 1. The zero-order chi connectivity index (χ0) is 14.8. The SMILES string of the molecule is Cc1cc2occ(CC(=O)Oc3cccnc3)c2cc1Cl. The Morgan fingerprint density at radius 1 is 1.43 bits per heavy atom. The number of ether oxygens (including phenoxy) is 1. The van der Waals surface area contributed by atoms with E-state index in [-0.39, 0.29) is 12.4 Å². The summed E-state index contributed by atoms with van der Waals surface area (Å²) in [6.07, 6.45) is 4.78. The number of esters is 1. The Balaban J connectivity index is 1.82. The Kier molecular flexibility index (Phi) is 3.62. The molecular formula is C16H12ClNO3. The van der Waals surface area contributed by atoms with E-state index in [2.05, 4.69) is 4.98 Å². The molecule has 0 bridgehead atoms. The van der Waals surface area contributed by atoms with Crippen LogP contribution in [0.4, 0.5) is 0 Å². The predicted molar refractivity (Wildman–Crippen MR) is 79.5 cm³/mol. The lowest BCUT2D eigenvalue weighted by molar-refractivity contribution is -0.133. The molecule has 106 valence electrons. The highest BCUT2D eigenvalue weighted by molar-refractivity contribution is 6.32. The van der Waals surface area contributed by atoms with Crippen LogP contribution in [-0.2, 0) is 11.2 Å². The maximum Gasteiger partial charge on any atom is 0.315 e. The number of halogens is 1. The van der Waals surface area contributed by atoms with E-state index in [4.69, 9.17) is 20.8 Å². The van der Waals surface area contributed by atoms with Crippen LogP contribution in [0.15, 0.2) is 47.3 Å². The Morgan fingerprint density at radius 2 is 2.29 bits per heavy atom. The van der Waals surface area contributed by atoms with E-state index < -0.39 is 0 Å². The summed E-state index contributed by atoms with van der Waals surface area (Å²) in [6, 6.07) is 7.05. The van der Waals surface area contributed by atoms with Gasteiger partial charge in [-0.25, -0.2) is 0 Å². The highest BCUT2D eigenvalue weighted by Crippen LogP contribution is 2.28. The standard InChI is InChI=1S/C16H12ClNO3/c1-10-5-15-13(7-14(10)17)11(9-20-15)6-16(19)21-12-3-2-4-18-8-12/h2-5,7-9H,6H2,1H3. The summed E-state index contributed by atoms with van der Waals surface area (Å²) in [5, 5.41) is 1.47. The largest absolute Gasteiger partial charge is 0.464 e. The predicted octanol–water partition coefficient (Wildman–Crippen LogP) is 3.94. The molecule has 0 N–H and O–H groups in total. The van der Waals surface area contributed by atoms with E-state index in [1.54, 1.807) is 24.6 Å². The fourth-order valence-electron chi connectivity index (χ4n) is 2.07. The second kappa shape index (κ2) is 5.58. The zero-order valence-electron chi connectivity index (χ0n) is 11.3. The molecule has 0 amide bonds.